The summed E-state index contributed by atoms with van der Waals surface area (Å²) in [5, 5.41) is 10.3. The standard InChI is InChI=1S/C21H27FN4O2.ClH/c1-15-14-19(27)20(25-26(15)18-11-7-6-10-17(18)22)21(28)24-13-12-23-16-8-4-2-3-5-9-16;/h6-7,10-11,14,16,23H,2-5,8-9,12-13H2,1H3,(H,24,28);1H. The van der Waals surface area contributed by atoms with Gasteiger partial charge in [-0.2, -0.15) is 5.10 Å². The van der Waals surface area contributed by atoms with E-state index in [1.807, 2.05) is 0 Å². The van der Waals surface area contributed by atoms with E-state index < -0.39 is 17.2 Å². The zero-order chi connectivity index (χ0) is 19.9. The molecular formula is C21H28ClFN4O2. The van der Waals surface area contributed by atoms with Crippen molar-refractivity contribution in [3.8, 4) is 5.69 Å². The third kappa shape index (κ3) is 6.11. The van der Waals surface area contributed by atoms with Crippen LogP contribution in [-0.4, -0.2) is 34.8 Å². The molecule has 29 heavy (non-hydrogen) atoms. The predicted molar refractivity (Wildman–Crippen MR) is 114 cm³/mol. The molecule has 1 aromatic heterocycles. The van der Waals surface area contributed by atoms with Gasteiger partial charge in [-0.1, -0.05) is 37.8 Å². The molecule has 158 valence electrons. The van der Waals surface area contributed by atoms with E-state index in [1.165, 1.54) is 55.3 Å². The minimum atomic E-state index is -0.544. The van der Waals surface area contributed by atoms with Crippen LogP contribution in [0.15, 0.2) is 35.1 Å². The van der Waals surface area contributed by atoms with E-state index in [-0.39, 0.29) is 23.8 Å². The van der Waals surface area contributed by atoms with E-state index in [2.05, 4.69) is 15.7 Å². The van der Waals surface area contributed by atoms with Crippen molar-refractivity contribution in [3.63, 3.8) is 0 Å². The van der Waals surface area contributed by atoms with Crippen molar-refractivity contribution in [3.05, 3.63) is 57.8 Å². The summed E-state index contributed by atoms with van der Waals surface area (Å²) in [6.45, 7) is 2.70. The second-order valence-corrected chi connectivity index (χ2v) is 7.26. The van der Waals surface area contributed by atoms with Crippen LogP contribution in [0.3, 0.4) is 0 Å². The molecule has 3 rings (SSSR count). The number of para-hydroxylation sites is 1. The van der Waals surface area contributed by atoms with Crippen LogP contribution in [0.2, 0.25) is 0 Å². The number of halogens is 2. The fraction of sp³-hybridized carbons (Fsp3) is 0.476. The molecule has 0 bridgehead atoms. The fourth-order valence-electron chi connectivity index (χ4n) is 3.59. The molecule has 1 aliphatic rings. The third-order valence-corrected chi connectivity index (χ3v) is 5.10. The van der Waals surface area contributed by atoms with Gasteiger partial charge in [-0.3, -0.25) is 9.59 Å². The van der Waals surface area contributed by atoms with Crippen LogP contribution >= 0.6 is 12.4 Å². The molecule has 0 radical (unpaired) electrons. The van der Waals surface area contributed by atoms with Crippen molar-refractivity contribution in [1.29, 1.82) is 0 Å². The number of carbonyl (C=O) groups excluding carboxylic acids is 1. The van der Waals surface area contributed by atoms with Gasteiger partial charge in [0, 0.05) is 30.9 Å². The summed E-state index contributed by atoms with van der Waals surface area (Å²) in [5.41, 5.74) is -0.0478. The van der Waals surface area contributed by atoms with E-state index in [0.29, 0.717) is 24.8 Å². The van der Waals surface area contributed by atoms with Crippen LogP contribution in [-0.2, 0) is 0 Å². The van der Waals surface area contributed by atoms with Crippen molar-refractivity contribution in [2.45, 2.75) is 51.5 Å². The normalized spacial score (nSPS) is 14.7. The molecule has 6 nitrogen and oxygen atoms in total. The number of aromatic nitrogens is 2. The van der Waals surface area contributed by atoms with Crippen molar-refractivity contribution >= 4 is 18.3 Å². The number of amides is 1. The molecule has 0 unspecified atom stereocenters. The van der Waals surface area contributed by atoms with Gasteiger partial charge in [-0.05, 0) is 31.9 Å². The summed E-state index contributed by atoms with van der Waals surface area (Å²) >= 11 is 0. The topological polar surface area (TPSA) is 76.0 Å². The second kappa shape index (κ2) is 11.1. The molecule has 1 fully saturated rings. The van der Waals surface area contributed by atoms with E-state index in [0.717, 1.165) is 0 Å². The Morgan fingerprint density at radius 2 is 1.86 bits per heavy atom. The van der Waals surface area contributed by atoms with E-state index in [1.54, 1.807) is 25.1 Å². The summed E-state index contributed by atoms with van der Waals surface area (Å²) in [7, 11) is 0. The molecule has 2 aromatic rings. The Bertz CT molecular complexity index is 879. The van der Waals surface area contributed by atoms with Gasteiger partial charge in [-0.25, -0.2) is 9.07 Å². The largest absolute Gasteiger partial charge is 0.349 e. The molecule has 0 atom stereocenters. The lowest BCUT2D eigenvalue weighted by Crippen LogP contribution is -2.39. The molecule has 1 heterocycles. The van der Waals surface area contributed by atoms with Crippen molar-refractivity contribution in [1.82, 2.24) is 20.4 Å². The van der Waals surface area contributed by atoms with Gasteiger partial charge in [0.25, 0.3) is 5.91 Å². The van der Waals surface area contributed by atoms with Crippen molar-refractivity contribution in [2.75, 3.05) is 13.1 Å². The number of hydrogen-bond acceptors (Lipinski definition) is 4. The molecule has 1 aromatic carbocycles. The van der Waals surface area contributed by atoms with Crippen LogP contribution in [0.25, 0.3) is 5.69 Å². The van der Waals surface area contributed by atoms with E-state index in [4.69, 9.17) is 0 Å². The maximum Gasteiger partial charge on any atom is 0.275 e. The number of nitrogens with zero attached hydrogens (tertiary/aromatic N) is 2. The molecular weight excluding hydrogens is 395 g/mol. The highest BCUT2D eigenvalue weighted by molar-refractivity contribution is 5.92. The van der Waals surface area contributed by atoms with Crippen LogP contribution in [0, 0.1) is 12.7 Å². The zero-order valence-corrected chi connectivity index (χ0v) is 17.4. The number of carbonyl (C=O) groups is 1. The summed E-state index contributed by atoms with van der Waals surface area (Å²) in [6, 6.07) is 7.92. The molecule has 1 aliphatic carbocycles. The molecule has 1 amide bonds. The lowest BCUT2D eigenvalue weighted by Gasteiger charge is -2.16. The number of rotatable bonds is 6. The smallest absolute Gasteiger partial charge is 0.275 e. The fourth-order valence-corrected chi connectivity index (χ4v) is 3.59. The monoisotopic (exact) mass is 422 g/mol. The Hall–Kier alpha value is -2.25. The molecule has 2 N–H and O–H groups in total. The summed E-state index contributed by atoms with van der Waals surface area (Å²) in [5.74, 6) is -1.02. The summed E-state index contributed by atoms with van der Waals surface area (Å²) in [6.07, 6.45) is 7.41. The van der Waals surface area contributed by atoms with Gasteiger partial charge in [0.2, 0.25) is 5.43 Å². The molecule has 8 heteroatoms. The van der Waals surface area contributed by atoms with Crippen LogP contribution < -0.4 is 16.1 Å². The lowest BCUT2D eigenvalue weighted by atomic mass is 10.1. The first-order valence-corrected chi connectivity index (χ1v) is 9.94. The third-order valence-electron chi connectivity index (χ3n) is 5.10. The number of nitrogens with one attached hydrogen (secondary N) is 2. The molecule has 0 aliphatic heterocycles. The lowest BCUT2D eigenvalue weighted by molar-refractivity contribution is 0.0945. The van der Waals surface area contributed by atoms with Crippen molar-refractivity contribution < 1.29 is 9.18 Å². The van der Waals surface area contributed by atoms with Crippen LogP contribution in [0.1, 0.15) is 54.7 Å². The second-order valence-electron chi connectivity index (χ2n) is 7.26. The first-order valence-electron chi connectivity index (χ1n) is 9.94. The number of benzene rings is 1. The van der Waals surface area contributed by atoms with Gasteiger partial charge in [0.15, 0.2) is 5.69 Å². The van der Waals surface area contributed by atoms with Gasteiger partial charge in [0.05, 0.1) is 0 Å². The molecule has 1 saturated carbocycles. The van der Waals surface area contributed by atoms with Gasteiger partial charge < -0.3 is 10.6 Å². The van der Waals surface area contributed by atoms with Crippen LogP contribution in [0.4, 0.5) is 4.39 Å². The van der Waals surface area contributed by atoms with Gasteiger partial charge >= 0.3 is 0 Å². The zero-order valence-electron chi connectivity index (χ0n) is 16.6. The number of hydrogen-bond donors (Lipinski definition) is 2. The summed E-state index contributed by atoms with van der Waals surface area (Å²) < 4.78 is 15.4. The highest BCUT2D eigenvalue weighted by atomic mass is 35.5. The first-order chi connectivity index (χ1) is 13.6. The molecule has 0 spiro atoms. The van der Waals surface area contributed by atoms with Gasteiger partial charge in [0.1, 0.15) is 11.5 Å². The average molecular weight is 423 g/mol. The maximum atomic E-state index is 14.1. The van der Waals surface area contributed by atoms with E-state index >= 15 is 0 Å². The quantitative estimate of drug-likeness (QED) is 0.554. The average Bonchev–Trinajstić information content (AvgIpc) is 2.95. The first kappa shape index (κ1) is 23.0. The Balaban J connectivity index is 0.00000300. The Kier molecular flexibility index (Phi) is 8.79. The maximum absolute atomic E-state index is 14.1. The minimum absolute atomic E-state index is 0. The van der Waals surface area contributed by atoms with E-state index in [9.17, 15) is 14.0 Å². The van der Waals surface area contributed by atoms with Crippen LogP contribution in [0.5, 0.6) is 0 Å². The highest BCUT2D eigenvalue weighted by Crippen LogP contribution is 2.17. The summed E-state index contributed by atoms with van der Waals surface area (Å²) in [4.78, 5) is 24.7. The van der Waals surface area contributed by atoms with Gasteiger partial charge in [-0.15, -0.1) is 12.4 Å². The SMILES string of the molecule is Cc1cc(=O)c(C(=O)NCCNC2CCCCCC2)nn1-c1ccccc1F.Cl. The molecule has 0 saturated heterocycles. The minimum Gasteiger partial charge on any atom is -0.349 e. The Morgan fingerprint density at radius 1 is 1.17 bits per heavy atom. The highest BCUT2D eigenvalue weighted by Gasteiger charge is 2.17. The Morgan fingerprint density at radius 3 is 2.55 bits per heavy atom. The Labute approximate surface area is 176 Å². The van der Waals surface area contributed by atoms with Crippen molar-refractivity contribution in [2.24, 2.45) is 0 Å². The predicted octanol–water partition coefficient (Wildman–Crippen LogP) is 3.14. The number of aryl methyl sites for hydroxylation is 1.